The topological polar surface area (TPSA) is 89.3 Å². The van der Waals surface area contributed by atoms with Crippen LogP contribution in [0.4, 0.5) is 0 Å². The maximum Gasteiger partial charge on any atom is 0.255 e. The first-order chi connectivity index (χ1) is 12.8. The van der Waals surface area contributed by atoms with Crippen molar-refractivity contribution >= 4 is 21.5 Å². The minimum Gasteiger partial charge on any atom is -0.339 e. The molecular formula is C19H23N3O4S. The Balaban J connectivity index is 1.73. The number of carbonyl (C=O) groups excluding carboxylic acids is 2. The van der Waals surface area contributed by atoms with Gasteiger partial charge in [0.2, 0.25) is 0 Å². The molecular weight excluding hydrogens is 366 g/mol. The van der Waals surface area contributed by atoms with Crippen molar-refractivity contribution in [1.82, 2.24) is 14.7 Å². The summed E-state index contributed by atoms with van der Waals surface area (Å²) < 4.78 is 26.1. The van der Waals surface area contributed by atoms with Gasteiger partial charge >= 0.3 is 0 Å². The standard InChI is InChI=1S/C19H23N3O4S/c1-3-27(25,26)17-7-5-4-6-15(17)19(24)22-12-9-14(10-13-22)18(23)16-8-11-20-21(16)2/h4-8,11,14H,3,9-10,12-13H2,1-2H3. The molecule has 3 rings (SSSR count). The van der Waals surface area contributed by atoms with Crippen molar-refractivity contribution < 1.29 is 18.0 Å². The number of Topliss-reactive ketones (excluding diaryl/α,β-unsaturated/α-hetero) is 1. The van der Waals surface area contributed by atoms with Crippen LogP contribution in [0.1, 0.15) is 40.6 Å². The molecule has 0 atom stereocenters. The largest absolute Gasteiger partial charge is 0.339 e. The van der Waals surface area contributed by atoms with E-state index in [9.17, 15) is 18.0 Å². The number of piperidine rings is 1. The number of hydrogen-bond donors (Lipinski definition) is 0. The van der Waals surface area contributed by atoms with Crippen LogP contribution >= 0.6 is 0 Å². The van der Waals surface area contributed by atoms with E-state index < -0.39 is 9.84 Å². The van der Waals surface area contributed by atoms with Gasteiger partial charge in [0.25, 0.3) is 5.91 Å². The molecule has 0 radical (unpaired) electrons. The van der Waals surface area contributed by atoms with E-state index in [-0.39, 0.29) is 33.8 Å². The summed E-state index contributed by atoms with van der Waals surface area (Å²) in [5.74, 6) is -0.470. The second-order valence-electron chi connectivity index (χ2n) is 6.67. The van der Waals surface area contributed by atoms with Crippen LogP contribution in [-0.2, 0) is 16.9 Å². The molecule has 2 heterocycles. The van der Waals surface area contributed by atoms with E-state index in [0.29, 0.717) is 31.6 Å². The number of aryl methyl sites for hydroxylation is 1. The van der Waals surface area contributed by atoms with Gasteiger partial charge in [-0.15, -0.1) is 0 Å². The number of carbonyl (C=O) groups is 2. The zero-order valence-electron chi connectivity index (χ0n) is 15.5. The van der Waals surface area contributed by atoms with Gasteiger partial charge < -0.3 is 4.90 Å². The van der Waals surface area contributed by atoms with Gasteiger partial charge in [0.05, 0.1) is 16.2 Å². The van der Waals surface area contributed by atoms with Crippen LogP contribution in [0.2, 0.25) is 0 Å². The van der Waals surface area contributed by atoms with Crippen LogP contribution in [-0.4, -0.2) is 53.6 Å². The summed E-state index contributed by atoms with van der Waals surface area (Å²) in [6.45, 7) is 2.41. The molecule has 0 saturated carbocycles. The average Bonchev–Trinajstić information content (AvgIpc) is 3.13. The molecule has 1 aliphatic rings. The van der Waals surface area contributed by atoms with Crippen LogP contribution in [0.25, 0.3) is 0 Å². The zero-order valence-corrected chi connectivity index (χ0v) is 16.3. The van der Waals surface area contributed by atoms with Crippen molar-refractivity contribution in [2.24, 2.45) is 13.0 Å². The highest BCUT2D eigenvalue weighted by atomic mass is 32.2. The molecule has 0 spiro atoms. The lowest BCUT2D eigenvalue weighted by molar-refractivity contribution is 0.0644. The number of ketones is 1. The van der Waals surface area contributed by atoms with E-state index >= 15 is 0 Å². The Morgan fingerprint density at radius 3 is 2.41 bits per heavy atom. The number of aromatic nitrogens is 2. The van der Waals surface area contributed by atoms with E-state index in [0.717, 1.165) is 0 Å². The molecule has 7 nitrogen and oxygen atoms in total. The molecule has 27 heavy (non-hydrogen) atoms. The Labute approximate surface area is 158 Å². The predicted molar refractivity (Wildman–Crippen MR) is 100 cm³/mol. The van der Waals surface area contributed by atoms with Crippen molar-refractivity contribution in [2.45, 2.75) is 24.7 Å². The summed E-state index contributed by atoms with van der Waals surface area (Å²) in [4.78, 5) is 27.2. The maximum absolute atomic E-state index is 12.9. The van der Waals surface area contributed by atoms with Crippen LogP contribution < -0.4 is 0 Å². The molecule has 0 bridgehead atoms. The number of benzene rings is 1. The molecule has 2 aromatic rings. The molecule has 0 unspecified atom stereocenters. The highest BCUT2D eigenvalue weighted by Gasteiger charge is 2.31. The normalized spacial score (nSPS) is 15.7. The lowest BCUT2D eigenvalue weighted by Crippen LogP contribution is -2.41. The summed E-state index contributed by atoms with van der Waals surface area (Å²) >= 11 is 0. The molecule has 8 heteroatoms. The SMILES string of the molecule is CCS(=O)(=O)c1ccccc1C(=O)N1CCC(C(=O)c2ccnn2C)CC1. The first kappa shape index (κ1) is 19.3. The van der Waals surface area contributed by atoms with Crippen molar-refractivity contribution in [3.63, 3.8) is 0 Å². The van der Waals surface area contributed by atoms with Gasteiger partial charge in [-0.25, -0.2) is 8.42 Å². The third-order valence-corrected chi connectivity index (χ3v) is 6.85. The highest BCUT2D eigenvalue weighted by molar-refractivity contribution is 7.91. The zero-order chi connectivity index (χ0) is 19.6. The molecule has 1 amide bonds. The fourth-order valence-corrected chi connectivity index (χ4v) is 4.50. The fraction of sp³-hybridized carbons (Fsp3) is 0.421. The van der Waals surface area contributed by atoms with E-state index in [1.807, 2.05) is 0 Å². The smallest absolute Gasteiger partial charge is 0.255 e. The molecule has 0 N–H and O–H groups in total. The molecule has 1 fully saturated rings. The summed E-state index contributed by atoms with van der Waals surface area (Å²) in [6.07, 6.45) is 2.70. The Morgan fingerprint density at radius 2 is 1.81 bits per heavy atom. The molecule has 144 valence electrons. The third kappa shape index (κ3) is 3.80. The number of likely N-dealkylation sites (tertiary alicyclic amines) is 1. The van der Waals surface area contributed by atoms with E-state index in [1.54, 1.807) is 54.0 Å². The number of nitrogens with zero attached hydrogens (tertiary/aromatic N) is 3. The lowest BCUT2D eigenvalue weighted by atomic mass is 9.90. The van der Waals surface area contributed by atoms with E-state index in [1.165, 1.54) is 6.07 Å². The van der Waals surface area contributed by atoms with Gasteiger partial charge in [-0.2, -0.15) is 5.10 Å². The number of sulfone groups is 1. The molecule has 1 saturated heterocycles. The van der Waals surface area contributed by atoms with Crippen LogP contribution in [0.5, 0.6) is 0 Å². The van der Waals surface area contributed by atoms with Gasteiger partial charge in [-0.05, 0) is 31.0 Å². The van der Waals surface area contributed by atoms with Crippen molar-refractivity contribution in [3.05, 3.63) is 47.8 Å². The maximum atomic E-state index is 12.9. The van der Waals surface area contributed by atoms with E-state index in [4.69, 9.17) is 0 Å². The first-order valence-corrected chi connectivity index (χ1v) is 10.6. The van der Waals surface area contributed by atoms with Gasteiger partial charge in [-0.3, -0.25) is 14.3 Å². The Morgan fingerprint density at radius 1 is 1.15 bits per heavy atom. The molecule has 1 aliphatic heterocycles. The average molecular weight is 389 g/mol. The predicted octanol–water partition coefficient (Wildman–Crippen LogP) is 1.95. The van der Waals surface area contributed by atoms with Crippen LogP contribution in [0.3, 0.4) is 0 Å². The number of amides is 1. The number of hydrogen-bond acceptors (Lipinski definition) is 5. The lowest BCUT2D eigenvalue weighted by Gasteiger charge is -2.31. The molecule has 1 aromatic carbocycles. The Kier molecular flexibility index (Phi) is 5.46. The summed E-state index contributed by atoms with van der Waals surface area (Å²) in [6, 6.07) is 8.02. The van der Waals surface area contributed by atoms with E-state index in [2.05, 4.69) is 5.10 Å². The van der Waals surface area contributed by atoms with Crippen molar-refractivity contribution in [1.29, 1.82) is 0 Å². The first-order valence-electron chi connectivity index (χ1n) is 8.98. The monoisotopic (exact) mass is 389 g/mol. The second kappa shape index (κ2) is 7.64. The third-order valence-electron chi connectivity index (χ3n) is 5.06. The minimum atomic E-state index is -3.48. The van der Waals surface area contributed by atoms with Crippen molar-refractivity contribution in [3.8, 4) is 0 Å². The van der Waals surface area contributed by atoms with Crippen molar-refractivity contribution in [2.75, 3.05) is 18.8 Å². The summed E-state index contributed by atoms with van der Waals surface area (Å²) in [7, 11) is -1.75. The minimum absolute atomic E-state index is 0.0380. The van der Waals surface area contributed by atoms with Gasteiger partial charge in [0.15, 0.2) is 15.6 Å². The Hall–Kier alpha value is -2.48. The molecule has 1 aromatic heterocycles. The fourth-order valence-electron chi connectivity index (χ4n) is 3.41. The molecule has 0 aliphatic carbocycles. The highest BCUT2D eigenvalue weighted by Crippen LogP contribution is 2.25. The summed E-state index contributed by atoms with van der Waals surface area (Å²) in [5, 5.41) is 4.03. The quantitative estimate of drug-likeness (QED) is 0.729. The second-order valence-corrected chi connectivity index (χ2v) is 8.92. The van der Waals surface area contributed by atoms with Gasteiger partial charge in [0, 0.05) is 32.3 Å². The van der Waals surface area contributed by atoms with Crippen LogP contribution in [0.15, 0.2) is 41.4 Å². The number of rotatable bonds is 5. The summed E-state index contributed by atoms with van der Waals surface area (Å²) in [5.41, 5.74) is 0.773. The van der Waals surface area contributed by atoms with Crippen LogP contribution in [0, 0.1) is 5.92 Å². The van der Waals surface area contributed by atoms with Gasteiger partial charge in [-0.1, -0.05) is 19.1 Å². The Bertz CT molecular complexity index is 957. The van der Waals surface area contributed by atoms with Gasteiger partial charge in [0.1, 0.15) is 5.69 Å².